The van der Waals surface area contributed by atoms with Crippen LogP contribution in [-0.2, 0) is 0 Å². The topological polar surface area (TPSA) is 38.0 Å². The minimum absolute atomic E-state index is 0.155. The van der Waals surface area contributed by atoms with Gasteiger partial charge in [0.1, 0.15) is 0 Å². The van der Waals surface area contributed by atoms with E-state index in [1.807, 2.05) is 25.1 Å². The average molecular weight is 313 g/mol. The van der Waals surface area contributed by atoms with Crippen LogP contribution in [0.4, 0.5) is 25.8 Å². The van der Waals surface area contributed by atoms with Gasteiger partial charge in [0.15, 0.2) is 11.6 Å². The van der Waals surface area contributed by atoms with Gasteiger partial charge >= 0.3 is 0 Å². The van der Waals surface area contributed by atoms with Crippen molar-refractivity contribution in [3.63, 3.8) is 0 Å². The van der Waals surface area contributed by atoms with E-state index in [1.54, 1.807) is 0 Å². The minimum atomic E-state index is -0.957. The SMILES string of the molecule is Cc1ccc(Br)c(Nc2cc(F)c(F)cc2N)c1. The van der Waals surface area contributed by atoms with Crippen molar-refractivity contribution in [2.24, 2.45) is 0 Å². The van der Waals surface area contributed by atoms with Crippen molar-refractivity contribution in [3.8, 4) is 0 Å². The summed E-state index contributed by atoms with van der Waals surface area (Å²) < 4.78 is 26.9. The largest absolute Gasteiger partial charge is 0.397 e. The Morgan fingerprint density at radius 3 is 2.44 bits per heavy atom. The molecule has 0 heterocycles. The molecule has 2 aromatic rings. The molecule has 3 N–H and O–H groups in total. The third-order valence-electron chi connectivity index (χ3n) is 2.48. The number of nitrogens with two attached hydrogens (primary N) is 1. The fourth-order valence-corrected chi connectivity index (χ4v) is 1.90. The third kappa shape index (κ3) is 2.61. The van der Waals surface area contributed by atoms with Crippen LogP contribution in [0.15, 0.2) is 34.8 Å². The highest BCUT2D eigenvalue weighted by atomic mass is 79.9. The van der Waals surface area contributed by atoms with Crippen LogP contribution in [-0.4, -0.2) is 0 Å². The highest BCUT2D eigenvalue weighted by Crippen LogP contribution is 2.30. The van der Waals surface area contributed by atoms with Crippen molar-refractivity contribution < 1.29 is 8.78 Å². The van der Waals surface area contributed by atoms with Crippen molar-refractivity contribution in [2.75, 3.05) is 11.1 Å². The zero-order valence-corrected chi connectivity index (χ0v) is 11.2. The lowest BCUT2D eigenvalue weighted by atomic mass is 10.2. The van der Waals surface area contributed by atoms with Crippen LogP contribution in [0.1, 0.15) is 5.56 Å². The first-order valence-electron chi connectivity index (χ1n) is 5.25. The van der Waals surface area contributed by atoms with E-state index in [2.05, 4.69) is 21.2 Å². The van der Waals surface area contributed by atoms with Gasteiger partial charge in [-0.3, -0.25) is 0 Å². The quantitative estimate of drug-likeness (QED) is 0.808. The predicted molar refractivity (Wildman–Crippen MR) is 72.9 cm³/mol. The molecule has 0 aliphatic heterocycles. The van der Waals surface area contributed by atoms with E-state index in [0.717, 1.165) is 27.9 Å². The molecule has 0 spiro atoms. The van der Waals surface area contributed by atoms with E-state index in [1.165, 1.54) is 0 Å². The van der Waals surface area contributed by atoms with E-state index < -0.39 is 11.6 Å². The summed E-state index contributed by atoms with van der Waals surface area (Å²) in [5.74, 6) is -1.89. The lowest BCUT2D eigenvalue weighted by Crippen LogP contribution is -1.99. The molecular formula is C13H11BrF2N2. The first kappa shape index (κ1) is 12.8. The molecule has 0 aliphatic rings. The van der Waals surface area contributed by atoms with E-state index in [0.29, 0.717) is 5.69 Å². The molecule has 0 radical (unpaired) electrons. The molecule has 0 amide bonds. The maximum Gasteiger partial charge on any atom is 0.161 e. The number of hydrogen-bond acceptors (Lipinski definition) is 2. The summed E-state index contributed by atoms with van der Waals surface area (Å²) in [6, 6.07) is 7.68. The number of rotatable bonds is 2. The molecule has 0 bridgehead atoms. The molecule has 18 heavy (non-hydrogen) atoms. The maximum absolute atomic E-state index is 13.2. The number of nitrogen functional groups attached to an aromatic ring is 1. The van der Waals surface area contributed by atoms with Gasteiger partial charge in [-0.05, 0) is 40.5 Å². The van der Waals surface area contributed by atoms with Crippen molar-refractivity contribution in [1.82, 2.24) is 0 Å². The Labute approximate surface area is 112 Å². The Hall–Kier alpha value is -1.62. The maximum atomic E-state index is 13.2. The van der Waals surface area contributed by atoms with Crippen LogP contribution in [0, 0.1) is 18.6 Å². The van der Waals surface area contributed by atoms with Crippen molar-refractivity contribution in [1.29, 1.82) is 0 Å². The number of benzene rings is 2. The lowest BCUT2D eigenvalue weighted by Gasteiger charge is -2.12. The average Bonchev–Trinajstić information content (AvgIpc) is 2.30. The molecule has 0 saturated carbocycles. The van der Waals surface area contributed by atoms with E-state index in [4.69, 9.17) is 5.73 Å². The van der Waals surface area contributed by atoms with E-state index in [9.17, 15) is 8.78 Å². The van der Waals surface area contributed by atoms with Gasteiger partial charge in [-0.25, -0.2) is 8.78 Å². The molecule has 0 atom stereocenters. The summed E-state index contributed by atoms with van der Waals surface area (Å²) in [6.45, 7) is 1.94. The Balaban J connectivity index is 2.40. The summed E-state index contributed by atoms with van der Waals surface area (Å²) in [5.41, 5.74) is 7.92. The van der Waals surface area contributed by atoms with Gasteiger partial charge in [-0.15, -0.1) is 0 Å². The number of halogens is 3. The monoisotopic (exact) mass is 312 g/mol. The second-order valence-corrected chi connectivity index (χ2v) is 4.82. The Morgan fingerprint density at radius 2 is 1.72 bits per heavy atom. The van der Waals surface area contributed by atoms with E-state index >= 15 is 0 Å². The van der Waals surface area contributed by atoms with Crippen LogP contribution in [0.25, 0.3) is 0 Å². The molecule has 2 nitrogen and oxygen atoms in total. The van der Waals surface area contributed by atoms with Gasteiger partial charge in [0.25, 0.3) is 0 Å². The predicted octanol–water partition coefficient (Wildman–Crippen LogP) is 4.36. The van der Waals surface area contributed by atoms with Gasteiger partial charge in [-0.1, -0.05) is 6.07 Å². The van der Waals surface area contributed by atoms with E-state index in [-0.39, 0.29) is 5.69 Å². The van der Waals surface area contributed by atoms with Crippen molar-refractivity contribution >= 4 is 33.0 Å². The van der Waals surface area contributed by atoms with Gasteiger partial charge in [0, 0.05) is 16.6 Å². The molecule has 94 valence electrons. The van der Waals surface area contributed by atoms with Gasteiger partial charge in [0.05, 0.1) is 17.1 Å². The summed E-state index contributed by atoms with van der Waals surface area (Å²) in [7, 11) is 0. The number of nitrogens with one attached hydrogen (secondary N) is 1. The Bertz CT molecular complexity index is 600. The molecule has 0 aliphatic carbocycles. The molecule has 0 unspecified atom stereocenters. The fourth-order valence-electron chi connectivity index (χ4n) is 1.55. The molecule has 0 fully saturated rings. The van der Waals surface area contributed by atoms with Crippen LogP contribution in [0.3, 0.4) is 0 Å². The third-order valence-corrected chi connectivity index (χ3v) is 3.18. The first-order valence-corrected chi connectivity index (χ1v) is 6.04. The molecule has 0 aromatic heterocycles. The number of anilines is 3. The fraction of sp³-hybridized carbons (Fsp3) is 0.0769. The molecule has 2 aromatic carbocycles. The zero-order valence-electron chi connectivity index (χ0n) is 9.60. The first-order chi connectivity index (χ1) is 8.47. The van der Waals surface area contributed by atoms with Crippen LogP contribution in [0.5, 0.6) is 0 Å². The molecular weight excluding hydrogens is 302 g/mol. The second kappa shape index (κ2) is 4.94. The number of aryl methyl sites for hydroxylation is 1. The van der Waals surface area contributed by atoms with Crippen molar-refractivity contribution in [3.05, 3.63) is 52.0 Å². The van der Waals surface area contributed by atoms with Gasteiger partial charge in [0.2, 0.25) is 0 Å². The van der Waals surface area contributed by atoms with Crippen molar-refractivity contribution in [2.45, 2.75) is 6.92 Å². The molecule has 0 saturated heterocycles. The number of hydrogen-bond donors (Lipinski definition) is 2. The second-order valence-electron chi connectivity index (χ2n) is 3.96. The minimum Gasteiger partial charge on any atom is -0.397 e. The summed E-state index contributed by atoms with van der Waals surface area (Å²) in [5, 5.41) is 2.97. The summed E-state index contributed by atoms with van der Waals surface area (Å²) >= 11 is 3.37. The smallest absolute Gasteiger partial charge is 0.161 e. The van der Waals surface area contributed by atoms with Crippen LogP contribution in [0.2, 0.25) is 0 Å². The summed E-state index contributed by atoms with van der Waals surface area (Å²) in [4.78, 5) is 0. The lowest BCUT2D eigenvalue weighted by molar-refractivity contribution is 0.509. The highest BCUT2D eigenvalue weighted by Gasteiger charge is 2.09. The summed E-state index contributed by atoms with van der Waals surface area (Å²) in [6.07, 6.45) is 0. The Kier molecular flexibility index (Phi) is 3.52. The van der Waals surface area contributed by atoms with Crippen LogP contribution >= 0.6 is 15.9 Å². The highest BCUT2D eigenvalue weighted by molar-refractivity contribution is 9.10. The molecule has 5 heteroatoms. The standard InChI is InChI=1S/C13H11BrF2N2/c1-7-2-3-8(14)12(4-7)18-13-6-10(16)9(15)5-11(13)17/h2-6,18H,17H2,1H3. The molecule has 2 rings (SSSR count). The van der Waals surface area contributed by atoms with Gasteiger partial charge in [-0.2, -0.15) is 0 Å². The normalized spacial score (nSPS) is 10.4. The van der Waals surface area contributed by atoms with Gasteiger partial charge < -0.3 is 11.1 Å². The Morgan fingerprint density at radius 1 is 1.06 bits per heavy atom. The van der Waals surface area contributed by atoms with Crippen LogP contribution < -0.4 is 11.1 Å². The zero-order chi connectivity index (χ0) is 13.3.